The van der Waals surface area contributed by atoms with Gasteiger partial charge in [-0.3, -0.25) is 4.79 Å². The molecule has 0 spiro atoms. The van der Waals surface area contributed by atoms with Crippen molar-refractivity contribution in [1.29, 1.82) is 0 Å². The molecule has 31 heavy (non-hydrogen) atoms. The molecule has 1 amide bonds. The van der Waals surface area contributed by atoms with Gasteiger partial charge in [0, 0.05) is 25.1 Å². The molecule has 3 atom stereocenters. The smallest absolute Gasteiger partial charge is 0.342 e. The summed E-state index contributed by atoms with van der Waals surface area (Å²) in [5.74, 6) is -0.806. The Morgan fingerprint density at radius 1 is 1.23 bits per heavy atom. The first-order valence-corrected chi connectivity index (χ1v) is 11.0. The molecule has 1 aromatic carbocycles. The van der Waals surface area contributed by atoms with Gasteiger partial charge in [-0.25, -0.2) is 4.79 Å². The number of rotatable bonds is 6. The number of nitrogens with one attached hydrogen (secondary N) is 1. The van der Waals surface area contributed by atoms with Crippen molar-refractivity contribution in [3.63, 3.8) is 0 Å². The van der Waals surface area contributed by atoms with Gasteiger partial charge in [0.1, 0.15) is 17.4 Å². The Morgan fingerprint density at radius 2 is 2.06 bits per heavy atom. The summed E-state index contributed by atoms with van der Waals surface area (Å²) in [5.41, 5.74) is 0.977. The van der Waals surface area contributed by atoms with E-state index < -0.39 is 12.1 Å². The van der Waals surface area contributed by atoms with Gasteiger partial charge in [-0.15, -0.1) is 0 Å². The first kappa shape index (κ1) is 22.8. The van der Waals surface area contributed by atoms with Crippen LogP contribution in [0.5, 0.6) is 5.75 Å². The fraction of sp³-hybridized carbons (Fsp3) is 0.440. The maximum absolute atomic E-state index is 12.9. The zero-order valence-electron chi connectivity index (χ0n) is 18.0. The van der Waals surface area contributed by atoms with Crippen LogP contribution in [0.15, 0.2) is 54.8 Å². The summed E-state index contributed by atoms with van der Waals surface area (Å²) < 4.78 is 12.0. The Hall–Kier alpha value is -2.86. The van der Waals surface area contributed by atoms with Crippen molar-refractivity contribution in [1.82, 2.24) is 5.32 Å². The van der Waals surface area contributed by atoms with Crippen LogP contribution in [0.1, 0.15) is 61.4 Å². The topological polar surface area (TPSA) is 84.9 Å². The van der Waals surface area contributed by atoms with Gasteiger partial charge < -0.3 is 19.9 Å². The SMILES string of the molecule is CC/C=C\C=C/C(=O)N/C=C/C[C@H]1C[C@H]2CCC[C@H](Cc3cccc(O)c3C(=O)O1)O2. The lowest BCUT2D eigenvalue weighted by Crippen LogP contribution is -2.35. The second-order valence-electron chi connectivity index (χ2n) is 7.93. The van der Waals surface area contributed by atoms with Crippen molar-refractivity contribution in [3.8, 4) is 5.75 Å². The predicted molar refractivity (Wildman–Crippen MR) is 119 cm³/mol. The number of hydrogen-bond acceptors (Lipinski definition) is 5. The summed E-state index contributed by atoms with van der Waals surface area (Å²) in [6.45, 7) is 2.03. The first-order valence-electron chi connectivity index (χ1n) is 11.0. The molecular weight excluding hydrogens is 394 g/mol. The summed E-state index contributed by atoms with van der Waals surface area (Å²) >= 11 is 0. The second-order valence-corrected chi connectivity index (χ2v) is 7.93. The second kappa shape index (κ2) is 11.5. The highest BCUT2D eigenvalue weighted by Crippen LogP contribution is 2.31. The summed E-state index contributed by atoms with van der Waals surface area (Å²) in [7, 11) is 0. The molecule has 2 N–H and O–H groups in total. The number of ether oxygens (including phenoxy) is 2. The number of amides is 1. The molecule has 2 aliphatic rings. The zero-order chi connectivity index (χ0) is 22.1. The lowest BCUT2D eigenvalue weighted by molar-refractivity contribution is -0.115. The molecule has 2 bridgehead atoms. The van der Waals surface area contributed by atoms with Gasteiger partial charge in [0.25, 0.3) is 0 Å². The van der Waals surface area contributed by atoms with Crippen molar-refractivity contribution in [2.24, 2.45) is 0 Å². The van der Waals surface area contributed by atoms with Crippen LogP contribution in [-0.2, 0) is 20.7 Å². The fourth-order valence-electron chi connectivity index (χ4n) is 4.01. The Bertz CT molecular complexity index is 857. The fourth-order valence-corrected chi connectivity index (χ4v) is 4.01. The Labute approximate surface area is 183 Å². The molecule has 0 saturated carbocycles. The van der Waals surface area contributed by atoms with E-state index >= 15 is 0 Å². The number of phenols is 1. The third-order valence-corrected chi connectivity index (χ3v) is 5.49. The number of carbonyl (C=O) groups excluding carboxylic acids is 2. The number of carbonyl (C=O) groups is 2. The minimum atomic E-state index is -0.513. The number of esters is 1. The molecule has 1 aromatic rings. The number of benzene rings is 1. The Kier molecular flexibility index (Phi) is 8.47. The van der Waals surface area contributed by atoms with Gasteiger partial charge in [0.05, 0.1) is 12.2 Å². The van der Waals surface area contributed by atoms with Gasteiger partial charge >= 0.3 is 5.97 Å². The molecule has 3 rings (SSSR count). The number of cyclic esters (lactones) is 1. The van der Waals surface area contributed by atoms with Gasteiger partial charge in [0.15, 0.2) is 0 Å². The van der Waals surface area contributed by atoms with E-state index in [9.17, 15) is 14.7 Å². The van der Waals surface area contributed by atoms with Crippen LogP contribution in [-0.4, -0.2) is 35.3 Å². The predicted octanol–water partition coefficient (Wildman–Crippen LogP) is 4.34. The number of aromatic hydroxyl groups is 1. The normalized spacial score (nSPS) is 24.3. The van der Waals surface area contributed by atoms with Crippen LogP contribution in [0.2, 0.25) is 0 Å². The third kappa shape index (κ3) is 6.82. The monoisotopic (exact) mass is 425 g/mol. The van der Waals surface area contributed by atoms with Crippen molar-refractivity contribution in [2.45, 2.75) is 70.2 Å². The quantitative estimate of drug-likeness (QED) is 0.402. The molecular formula is C25H31NO5. The molecule has 6 heteroatoms. The average Bonchev–Trinajstić information content (AvgIpc) is 2.74. The molecule has 2 aliphatic heterocycles. The summed E-state index contributed by atoms with van der Waals surface area (Å²) in [6.07, 6.45) is 15.4. The lowest BCUT2D eigenvalue weighted by Gasteiger charge is -2.33. The van der Waals surface area contributed by atoms with E-state index in [1.165, 1.54) is 12.1 Å². The average molecular weight is 426 g/mol. The van der Waals surface area contributed by atoms with Gasteiger partial charge in [-0.2, -0.15) is 0 Å². The molecule has 2 heterocycles. The van der Waals surface area contributed by atoms with E-state index in [1.54, 1.807) is 24.4 Å². The van der Waals surface area contributed by atoms with E-state index in [2.05, 4.69) is 5.32 Å². The Balaban J connectivity index is 1.67. The van der Waals surface area contributed by atoms with Gasteiger partial charge in [-0.05, 0) is 43.7 Å². The van der Waals surface area contributed by atoms with E-state index in [0.29, 0.717) is 19.3 Å². The summed E-state index contributed by atoms with van der Waals surface area (Å²) in [5, 5.41) is 13.0. The third-order valence-electron chi connectivity index (χ3n) is 5.49. The minimum absolute atomic E-state index is 0.0340. The summed E-state index contributed by atoms with van der Waals surface area (Å²) in [4.78, 5) is 24.6. The number of phenolic OH excluding ortho intramolecular Hbond substituents is 1. The van der Waals surface area contributed by atoms with Crippen molar-refractivity contribution >= 4 is 11.9 Å². The number of hydrogen-bond donors (Lipinski definition) is 2. The van der Waals surface area contributed by atoms with Crippen LogP contribution in [0, 0.1) is 0 Å². The maximum Gasteiger partial charge on any atom is 0.342 e. The molecule has 1 fully saturated rings. The molecule has 6 nitrogen and oxygen atoms in total. The molecule has 0 radical (unpaired) electrons. The summed E-state index contributed by atoms with van der Waals surface area (Å²) in [6, 6.07) is 5.09. The van der Waals surface area contributed by atoms with Crippen LogP contribution in [0.25, 0.3) is 0 Å². The van der Waals surface area contributed by atoms with Gasteiger partial charge in [0.2, 0.25) is 5.91 Å². The first-order chi connectivity index (χ1) is 15.1. The zero-order valence-corrected chi connectivity index (χ0v) is 18.0. The number of allylic oxidation sites excluding steroid dienone is 3. The lowest BCUT2D eigenvalue weighted by atomic mass is 9.92. The van der Waals surface area contributed by atoms with Crippen molar-refractivity contribution < 1.29 is 24.2 Å². The minimum Gasteiger partial charge on any atom is -0.507 e. The van der Waals surface area contributed by atoms with E-state index in [4.69, 9.17) is 9.47 Å². The van der Waals surface area contributed by atoms with E-state index in [-0.39, 0.29) is 29.4 Å². The highest BCUT2D eigenvalue weighted by molar-refractivity contribution is 5.94. The molecule has 0 aromatic heterocycles. The molecule has 166 valence electrons. The number of fused-ring (bicyclic) bond motifs is 3. The van der Waals surface area contributed by atoms with E-state index in [0.717, 1.165) is 31.2 Å². The van der Waals surface area contributed by atoms with Crippen LogP contribution < -0.4 is 5.32 Å². The molecule has 0 aliphatic carbocycles. The Morgan fingerprint density at radius 3 is 2.90 bits per heavy atom. The van der Waals surface area contributed by atoms with Crippen molar-refractivity contribution in [2.75, 3.05) is 0 Å². The maximum atomic E-state index is 12.9. The van der Waals surface area contributed by atoms with Crippen LogP contribution >= 0.6 is 0 Å². The molecule has 1 saturated heterocycles. The largest absolute Gasteiger partial charge is 0.507 e. The highest BCUT2D eigenvalue weighted by atomic mass is 16.5. The molecule has 0 unspecified atom stereocenters. The highest BCUT2D eigenvalue weighted by Gasteiger charge is 2.31. The van der Waals surface area contributed by atoms with Crippen LogP contribution in [0.3, 0.4) is 0 Å². The van der Waals surface area contributed by atoms with E-state index in [1.807, 2.05) is 25.1 Å². The van der Waals surface area contributed by atoms with Gasteiger partial charge in [-0.1, -0.05) is 43.4 Å². The van der Waals surface area contributed by atoms with Crippen LogP contribution in [0.4, 0.5) is 0 Å². The van der Waals surface area contributed by atoms with Crippen molar-refractivity contribution in [3.05, 3.63) is 65.9 Å². The standard InChI is InChI=1S/C25H31NO5/c1-2-3-4-5-14-23(28)26-15-8-12-21-17-20-11-7-10-19(30-20)16-18-9-6-13-22(27)24(18)25(29)31-21/h3-6,8-9,13-15,19-21,27H,2,7,10-12,16-17H2,1H3,(H,26,28)/b4-3-,14-5-,15-8+/t19-,20-,21+/m1/s1.